The predicted octanol–water partition coefficient (Wildman–Crippen LogP) is 4.80. The number of nitrogens with zero attached hydrogens (tertiary/aromatic N) is 4. The van der Waals surface area contributed by atoms with E-state index in [4.69, 9.17) is 0 Å². The summed E-state index contributed by atoms with van der Waals surface area (Å²) in [5.41, 5.74) is -0.574. The zero-order chi connectivity index (χ0) is 23.9. The molecule has 4 heterocycles. The fraction of sp³-hybridized carbons (Fsp3) is 0.333. The summed E-state index contributed by atoms with van der Waals surface area (Å²) in [4.78, 5) is 27.5. The molecule has 3 atom stereocenters. The zero-order valence-corrected chi connectivity index (χ0v) is 18.0. The summed E-state index contributed by atoms with van der Waals surface area (Å²) in [6.07, 6.45) is 1.78. The summed E-state index contributed by atoms with van der Waals surface area (Å²) >= 11 is 0. The van der Waals surface area contributed by atoms with Crippen LogP contribution in [0.4, 0.5) is 23.4 Å². The Morgan fingerprint density at radius 1 is 1.03 bits per heavy atom. The van der Waals surface area contributed by atoms with Crippen molar-refractivity contribution in [3.63, 3.8) is 0 Å². The number of aromatic nitrogens is 3. The van der Waals surface area contributed by atoms with Gasteiger partial charge in [-0.3, -0.25) is 4.79 Å². The third-order valence-corrected chi connectivity index (χ3v) is 6.50. The summed E-state index contributed by atoms with van der Waals surface area (Å²) in [5, 5.41) is 3.21. The van der Waals surface area contributed by atoms with Crippen molar-refractivity contribution in [1.82, 2.24) is 19.9 Å². The first-order valence-electron chi connectivity index (χ1n) is 11.0. The number of pyridine rings is 1. The monoisotopic (exact) mass is 471 g/mol. The number of piperidine rings is 2. The van der Waals surface area contributed by atoms with Crippen LogP contribution in [0.15, 0.2) is 55.0 Å². The van der Waals surface area contributed by atoms with Crippen molar-refractivity contribution in [2.75, 3.05) is 11.9 Å². The summed E-state index contributed by atoms with van der Waals surface area (Å²) in [6, 6.07) is 7.84. The van der Waals surface area contributed by atoms with Gasteiger partial charge in [-0.15, -0.1) is 0 Å². The molecule has 0 spiro atoms. The summed E-state index contributed by atoms with van der Waals surface area (Å²) in [6.45, 7) is 0.535. The van der Waals surface area contributed by atoms with Crippen molar-refractivity contribution >= 4 is 11.7 Å². The molecule has 34 heavy (non-hydrogen) atoms. The Kier molecular flexibility index (Phi) is 5.66. The van der Waals surface area contributed by atoms with Crippen LogP contribution in [0.2, 0.25) is 0 Å². The molecule has 2 aliphatic heterocycles. The standard InChI is InChI=1S/C24H21F4N5O/c25-17-4-1-3-16(21(17)22-29-9-2-10-30-22)23(34)33-13-14-5-7-19(33)18(11-14)32-20-8-6-15(12-31-20)24(26,27)28/h1-4,6,8-10,12,14,18-19H,5,7,11,13H2,(H,31,32)/t14-,18-,19+/m1/s1. The van der Waals surface area contributed by atoms with Gasteiger partial charge in [0.2, 0.25) is 0 Å². The number of nitrogens with one attached hydrogen (secondary N) is 1. The van der Waals surface area contributed by atoms with Crippen molar-refractivity contribution in [2.45, 2.75) is 37.5 Å². The maximum absolute atomic E-state index is 14.8. The first kappa shape index (κ1) is 22.2. The van der Waals surface area contributed by atoms with Gasteiger partial charge >= 0.3 is 6.18 Å². The van der Waals surface area contributed by atoms with E-state index in [0.717, 1.165) is 31.5 Å². The number of anilines is 1. The van der Waals surface area contributed by atoms with Crippen molar-refractivity contribution < 1.29 is 22.4 Å². The highest BCUT2D eigenvalue weighted by Gasteiger charge is 2.44. The molecular weight excluding hydrogens is 450 g/mol. The maximum Gasteiger partial charge on any atom is 0.417 e. The molecule has 3 aromatic rings. The van der Waals surface area contributed by atoms with Crippen LogP contribution in [0.5, 0.6) is 0 Å². The van der Waals surface area contributed by atoms with E-state index in [2.05, 4.69) is 20.3 Å². The summed E-state index contributed by atoms with van der Waals surface area (Å²) in [5.74, 6) is -0.214. The average molecular weight is 471 g/mol. The number of hydrogen-bond acceptors (Lipinski definition) is 5. The number of hydrogen-bond donors (Lipinski definition) is 1. The van der Waals surface area contributed by atoms with E-state index < -0.39 is 17.6 Å². The summed E-state index contributed by atoms with van der Waals surface area (Å²) < 4.78 is 53.3. The van der Waals surface area contributed by atoms with Crippen LogP contribution in [0.1, 0.15) is 35.2 Å². The van der Waals surface area contributed by atoms with E-state index in [1.165, 1.54) is 30.6 Å². The highest BCUT2D eigenvalue weighted by molar-refractivity contribution is 6.00. The Bertz CT molecular complexity index is 1190. The fourth-order valence-electron chi connectivity index (χ4n) is 4.93. The minimum Gasteiger partial charge on any atom is -0.365 e. The molecule has 1 N–H and O–H groups in total. The Balaban J connectivity index is 1.40. The number of halogens is 4. The van der Waals surface area contributed by atoms with Crippen LogP contribution in [0.3, 0.4) is 0 Å². The molecule has 10 heteroatoms. The Labute approximate surface area is 193 Å². The molecule has 0 radical (unpaired) electrons. The molecular formula is C24H21F4N5O. The maximum atomic E-state index is 14.8. The minimum absolute atomic E-state index is 0.0588. The van der Waals surface area contributed by atoms with Gasteiger partial charge in [0.1, 0.15) is 11.6 Å². The minimum atomic E-state index is -4.45. The van der Waals surface area contributed by atoms with Gasteiger partial charge in [0, 0.05) is 31.2 Å². The molecule has 2 aromatic heterocycles. The zero-order valence-electron chi connectivity index (χ0n) is 18.0. The second-order valence-corrected chi connectivity index (χ2v) is 8.62. The molecule has 1 amide bonds. The number of amides is 1. The number of benzene rings is 1. The first-order valence-corrected chi connectivity index (χ1v) is 11.0. The number of fused-ring (bicyclic) bond motifs is 3. The van der Waals surface area contributed by atoms with E-state index in [9.17, 15) is 22.4 Å². The second-order valence-electron chi connectivity index (χ2n) is 8.62. The van der Waals surface area contributed by atoms with Gasteiger partial charge in [0.25, 0.3) is 5.91 Å². The van der Waals surface area contributed by atoms with Gasteiger partial charge in [-0.2, -0.15) is 13.2 Å². The Morgan fingerprint density at radius 2 is 1.82 bits per heavy atom. The number of rotatable bonds is 4. The summed E-state index contributed by atoms with van der Waals surface area (Å²) in [7, 11) is 0. The molecule has 3 aliphatic rings. The second kappa shape index (κ2) is 8.66. The Morgan fingerprint density at radius 3 is 2.50 bits per heavy atom. The number of alkyl halides is 3. The fourth-order valence-corrected chi connectivity index (χ4v) is 4.93. The number of carbonyl (C=O) groups is 1. The van der Waals surface area contributed by atoms with Gasteiger partial charge in [0.05, 0.1) is 22.7 Å². The van der Waals surface area contributed by atoms with Crippen LogP contribution in [0.25, 0.3) is 11.4 Å². The molecule has 6 rings (SSSR count). The lowest BCUT2D eigenvalue weighted by atomic mass is 9.76. The quantitative estimate of drug-likeness (QED) is 0.554. The lowest BCUT2D eigenvalue weighted by Gasteiger charge is -2.50. The predicted molar refractivity (Wildman–Crippen MR) is 116 cm³/mol. The van der Waals surface area contributed by atoms with E-state index in [-0.39, 0.29) is 40.9 Å². The molecule has 0 unspecified atom stereocenters. The van der Waals surface area contributed by atoms with Crippen LogP contribution < -0.4 is 5.32 Å². The molecule has 3 fully saturated rings. The van der Waals surface area contributed by atoms with Gasteiger partial charge in [-0.05, 0) is 55.5 Å². The van der Waals surface area contributed by atoms with Crippen LogP contribution in [-0.2, 0) is 6.18 Å². The van der Waals surface area contributed by atoms with Gasteiger partial charge in [-0.25, -0.2) is 19.3 Å². The van der Waals surface area contributed by atoms with Crippen molar-refractivity contribution in [1.29, 1.82) is 0 Å². The third-order valence-electron chi connectivity index (χ3n) is 6.50. The van der Waals surface area contributed by atoms with E-state index in [1.807, 2.05) is 0 Å². The number of carbonyl (C=O) groups excluding carboxylic acids is 1. The molecule has 1 aromatic carbocycles. The van der Waals surface area contributed by atoms with Gasteiger partial charge in [0.15, 0.2) is 5.82 Å². The molecule has 2 saturated heterocycles. The first-order chi connectivity index (χ1) is 16.3. The van der Waals surface area contributed by atoms with E-state index in [1.54, 1.807) is 17.0 Å². The average Bonchev–Trinajstić information content (AvgIpc) is 2.84. The smallest absolute Gasteiger partial charge is 0.365 e. The highest BCUT2D eigenvalue weighted by atomic mass is 19.4. The van der Waals surface area contributed by atoms with Crippen molar-refractivity contribution in [3.05, 3.63) is 71.9 Å². The highest BCUT2D eigenvalue weighted by Crippen LogP contribution is 2.38. The molecule has 1 saturated carbocycles. The van der Waals surface area contributed by atoms with Gasteiger partial charge < -0.3 is 10.2 Å². The Hall–Kier alpha value is -3.56. The molecule has 1 aliphatic carbocycles. The van der Waals surface area contributed by atoms with Crippen molar-refractivity contribution in [3.8, 4) is 11.4 Å². The van der Waals surface area contributed by atoms with Crippen LogP contribution in [0, 0.1) is 11.7 Å². The van der Waals surface area contributed by atoms with E-state index in [0.29, 0.717) is 12.4 Å². The lowest BCUT2D eigenvalue weighted by Crippen LogP contribution is -2.59. The van der Waals surface area contributed by atoms with Crippen LogP contribution >= 0.6 is 0 Å². The van der Waals surface area contributed by atoms with Crippen molar-refractivity contribution in [2.24, 2.45) is 5.92 Å². The largest absolute Gasteiger partial charge is 0.417 e. The van der Waals surface area contributed by atoms with Crippen LogP contribution in [-0.4, -0.2) is 44.4 Å². The third kappa shape index (κ3) is 4.20. The normalized spacial score (nSPS) is 22.0. The topological polar surface area (TPSA) is 71.0 Å². The van der Waals surface area contributed by atoms with Gasteiger partial charge in [-0.1, -0.05) is 6.07 Å². The SMILES string of the molecule is O=C(c1cccc(F)c1-c1ncccn1)N1C[C@@H]2CC[C@H]1[C@H](Nc1ccc(C(F)(F)F)cn1)C2. The molecule has 176 valence electrons. The van der Waals surface area contributed by atoms with E-state index >= 15 is 0 Å². The lowest BCUT2D eigenvalue weighted by molar-refractivity contribution is -0.137. The molecule has 6 nitrogen and oxygen atoms in total. The molecule has 2 bridgehead atoms.